The molecule has 0 saturated heterocycles. The molecule has 0 radical (unpaired) electrons. The Labute approximate surface area is 486 Å². The van der Waals surface area contributed by atoms with Gasteiger partial charge in [-0.25, -0.2) is 19.9 Å². The van der Waals surface area contributed by atoms with Gasteiger partial charge in [-0.05, 0) is 43.1 Å². The molecule has 6 aromatic heterocycles. The van der Waals surface area contributed by atoms with Crippen LogP contribution in [0.5, 0.6) is 0 Å². The van der Waals surface area contributed by atoms with Crippen LogP contribution < -0.4 is 19.9 Å². The first-order valence-electron chi connectivity index (χ1n) is 25.8. The minimum Gasteiger partial charge on any atom is -0.357 e. The summed E-state index contributed by atoms with van der Waals surface area (Å²) in [6, 6.07) is 63.7. The van der Waals surface area contributed by atoms with Crippen LogP contribution in [0, 0.1) is 36.9 Å². The average molecular weight is 1200 g/mol. The minimum atomic E-state index is 0. The van der Waals surface area contributed by atoms with Crippen LogP contribution in [0.15, 0.2) is 194 Å². The summed E-state index contributed by atoms with van der Waals surface area (Å²) >= 11 is 0. The number of benzene rings is 8. The van der Waals surface area contributed by atoms with E-state index in [1.807, 2.05) is 194 Å². The molecular weight excluding hydrogens is 1170 g/mol. The molecule has 384 valence electrons. The Balaban J connectivity index is 0.000000132. The molecule has 8 aromatic carbocycles. The summed E-state index contributed by atoms with van der Waals surface area (Å²) in [5.74, 6) is 4.42. The van der Waals surface area contributed by atoms with E-state index < -0.39 is 0 Å². The van der Waals surface area contributed by atoms with Gasteiger partial charge in [0.15, 0.2) is 0 Å². The first kappa shape index (κ1) is 46.8. The molecule has 0 unspecified atom stereocenters. The van der Waals surface area contributed by atoms with Gasteiger partial charge >= 0.3 is 36.9 Å². The number of nitrogens with zero attached hydrogens (tertiary/aromatic N) is 16. The maximum atomic E-state index is 4.95. The molecule has 16 nitrogen and oxygen atoms in total. The van der Waals surface area contributed by atoms with Crippen LogP contribution in [-0.2, 0) is 0 Å². The van der Waals surface area contributed by atoms with Crippen molar-refractivity contribution in [1.82, 2.24) is 79.7 Å². The van der Waals surface area contributed by atoms with Gasteiger partial charge < -0.3 is 59.8 Å². The van der Waals surface area contributed by atoms with Gasteiger partial charge in [0.25, 0.3) is 0 Å². The van der Waals surface area contributed by atoms with Gasteiger partial charge in [-0.3, -0.25) is 0 Å². The quantitative estimate of drug-likeness (QED) is 0.138. The predicted molar refractivity (Wildman–Crippen MR) is 308 cm³/mol. The summed E-state index contributed by atoms with van der Waals surface area (Å²) in [4.78, 5) is 78.5. The van der Waals surface area contributed by atoms with E-state index in [1.54, 1.807) is 0 Å². The maximum absolute atomic E-state index is 4.95. The SMILES string of the molecule is [Lu+3].c1ccc2c(c1)-c1nc-2nc2[n-]c(nc3nc(nc4[n-]c(n1)c1ccccc41)-c1ccccc1-3)c1ccccc21.c1ccc2c(c1)-c1nc-2nc2[n-]c(nc3nc(nc4[n-]c(n1)c1ccccc41)-c1ccccc1-3)c1ccccc21. The number of aromatic nitrogens is 16. The molecule has 16 bridgehead atoms. The monoisotopic (exact) mass is 1200 g/mol. The van der Waals surface area contributed by atoms with Crippen LogP contribution in [0.1, 0.15) is 0 Å². The standard InChI is InChI=1S/2C32H16N8.Lu/c2*1-2-10-18-17(9-1)25-33-26(18)38-28-21-13-5-6-14-22(21)30(35-28)40-32-24-16-8-7-15-23(24)31(36-32)39-29-20-12-4-3-11-19(20)27(34-29)37-25;/h2*1-16H;/q2*-2;+3. The molecule has 17 heteroatoms. The molecule has 81 heavy (non-hydrogen) atoms. The zero-order valence-corrected chi connectivity index (χ0v) is 43.5. The fourth-order valence-electron chi connectivity index (χ4n) is 10.9. The molecule has 10 heterocycles. The first-order chi connectivity index (χ1) is 39.6. The third-order valence-electron chi connectivity index (χ3n) is 14.7. The molecule has 0 atom stereocenters. The van der Waals surface area contributed by atoms with E-state index in [-0.39, 0.29) is 36.9 Å². The van der Waals surface area contributed by atoms with Crippen molar-refractivity contribution in [2.45, 2.75) is 0 Å². The summed E-state index contributed by atoms with van der Waals surface area (Å²) in [5.41, 5.74) is 11.6. The van der Waals surface area contributed by atoms with Gasteiger partial charge in [-0.2, -0.15) is 0 Å². The fourth-order valence-corrected chi connectivity index (χ4v) is 10.9. The van der Waals surface area contributed by atoms with Crippen LogP contribution in [0.4, 0.5) is 0 Å². The molecule has 0 amide bonds. The van der Waals surface area contributed by atoms with Crippen molar-refractivity contribution in [2.24, 2.45) is 0 Å². The molecule has 0 spiro atoms. The average Bonchev–Trinajstić information content (AvgIpc) is 4.53. The van der Waals surface area contributed by atoms with Crippen molar-refractivity contribution >= 4 is 88.3 Å². The Morgan fingerprint density at radius 1 is 0.160 bits per heavy atom. The molecule has 14 aromatic rings. The van der Waals surface area contributed by atoms with Crippen LogP contribution in [0.3, 0.4) is 0 Å². The van der Waals surface area contributed by atoms with E-state index in [1.165, 1.54) is 0 Å². The summed E-state index contributed by atoms with van der Waals surface area (Å²) in [6.45, 7) is 0. The Hall–Kier alpha value is -10.3. The molecule has 0 N–H and O–H groups in total. The molecule has 18 rings (SSSR count). The zero-order chi connectivity index (χ0) is 52.4. The van der Waals surface area contributed by atoms with Gasteiger partial charge in [0.2, 0.25) is 0 Å². The van der Waals surface area contributed by atoms with Gasteiger partial charge in [-0.15, -0.1) is 0 Å². The summed E-state index contributed by atoms with van der Waals surface area (Å²) < 4.78 is 0. The largest absolute Gasteiger partial charge is 3.00 e. The van der Waals surface area contributed by atoms with Crippen molar-refractivity contribution in [2.75, 3.05) is 0 Å². The molecule has 0 fully saturated rings. The molecule has 4 aliphatic heterocycles. The topological polar surface area (TPSA) is 211 Å². The summed E-state index contributed by atoms with van der Waals surface area (Å²) in [7, 11) is 0. The smallest absolute Gasteiger partial charge is 0.357 e. The van der Waals surface area contributed by atoms with Crippen LogP contribution in [-0.4, -0.2) is 59.8 Å². The molecule has 4 aliphatic rings. The fraction of sp³-hybridized carbons (Fsp3) is 0. The minimum absolute atomic E-state index is 0. The second-order valence-corrected chi connectivity index (χ2v) is 19.3. The van der Waals surface area contributed by atoms with Gasteiger partial charge in [0.1, 0.15) is 0 Å². The van der Waals surface area contributed by atoms with E-state index in [2.05, 4.69) is 0 Å². The van der Waals surface area contributed by atoms with E-state index in [9.17, 15) is 0 Å². The van der Waals surface area contributed by atoms with E-state index in [4.69, 9.17) is 79.7 Å². The Morgan fingerprint density at radius 2 is 0.284 bits per heavy atom. The third-order valence-corrected chi connectivity index (χ3v) is 14.7. The van der Waals surface area contributed by atoms with Crippen molar-refractivity contribution in [3.8, 4) is 91.1 Å². The number of hydrogen-bond donors (Lipinski definition) is 0. The molecule has 0 aliphatic carbocycles. The summed E-state index contributed by atoms with van der Waals surface area (Å²) in [5, 5.41) is 7.15. The Morgan fingerprint density at radius 3 is 0.420 bits per heavy atom. The van der Waals surface area contributed by atoms with Crippen molar-refractivity contribution in [1.29, 1.82) is 0 Å². The Bertz CT molecular complexity index is 4390. The van der Waals surface area contributed by atoms with Crippen molar-refractivity contribution in [3.05, 3.63) is 194 Å². The van der Waals surface area contributed by atoms with Crippen LogP contribution in [0.2, 0.25) is 0 Å². The normalized spacial score (nSPS) is 11.9. The van der Waals surface area contributed by atoms with Gasteiger partial charge in [0.05, 0.1) is 46.6 Å². The second kappa shape index (κ2) is 18.4. The van der Waals surface area contributed by atoms with Crippen LogP contribution >= 0.6 is 0 Å². The van der Waals surface area contributed by atoms with Gasteiger partial charge in [0, 0.05) is 89.7 Å². The first-order valence-corrected chi connectivity index (χ1v) is 25.8. The Kier molecular flexibility index (Phi) is 10.6. The number of fused-ring (bicyclic) bond motifs is 40. The summed E-state index contributed by atoms with van der Waals surface area (Å²) in [6.07, 6.45) is 0. The van der Waals surface area contributed by atoms with Crippen LogP contribution in [0.25, 0.3) is 179 Å². The number of rotatable bonds is 0. The van der Waals surface area contributed by atoms with Gasteiger partial charge in [-0.1, -0.05) is 194 Å². The molecule has 0 saturated carbocycles. The van der Waals surface area contributed by atoms with Crippen molar-refractivity contribution < 1.29 is 36.9 Å². The predicted octanol–water partition coefficient (Wildman–Crippen LogP) is 12.3. The third kappa shape index (κ3) is 7.55. The van der Waals surface area contributed by atoms with E-state index in [0.29, 0.717) is 91.8 Å². The second-order valence-electron chi connectivity index (χ2n) is 19.3. The number of hydrogen-bond acceptors (Lipinski definition) is 12. The van der Waals surface area contributed by atoms with E-state index in [0.717, 1.165) is 87.6 Å². The van der Waals surface area contributed by atoms with E-state index >= 15 is 0 Å². The molecular formula is C64H32LuN16-. The maximum Gasteiger partial charge on any atom is 3.00 e. The zero-order valence-electron chi connectivity index (χ0n) is 41.9. The van der Waals surface area contributed by atoms with Crippen molar-refractivity contribution in [3.63, 3.8) is 0 Å².